The molecule has 2 saturated heterocycles. The highest BCUT2D eigenvalue weighted by Gasteiger charge is 2.43. The lowest BCUT2D eigenvalue weighted by Crippen LogP contribution is -2.42. The van der Waals surface area contributed by atoms with Gasteiger partial charge >= 0.3 is 6.09 Å². The molecule has 2 amide bonds. The maximum absolute atomic E-state index is 13.0. The molecule has 2 aliphatic heterocycles. The number of ether oxygens (including phenoxy) is 1. The average molecular weight is 400 g/mol. The molecule has 2 fully saturated rings. The highest BCUT2D eigenvalue weighted by atomic mass is 32.2. The summed E-state index contributed by atoms with van der Waals surface area (Å²) >= 11 is 0. The first-order chi connectivity index (χ1) is 13.4. The number of hydrogen-bond acceptors (Lipinski definition) is 5. The number of rotatable bonds is 4. The number of hydrogen-bond donors (Lipinski definition) is 0. The molecule has 146 valence electrons. The maximum atomic E-state index is 13.0. The molecule has 0 aliphatic carbocycles. The van der Waals surface area contributed by atoms with Crippen LogP contribution in [-0.4, -0.2) is 55.4 Å². The minimum Gasteiger partial charge on any atom is -0.439 e. The monoisotopic (exact) mass is 400 g/mol. The van der Waals surface area contributed by atoms with Crippen LogP contribution in [0, 0.1) is 6.92 Å². The van der Waals surface area contributed by atoms with Crippen molar-refractivity contribution in [3.8, 4) is 11.1 Å². The Morgan fingerprint density at radius 3 is 2.14 bits per heavy atom. The van der Waals surface area contributed by atoms with Crippen LogP contribution in [0.3, 0.4) is 0 Å². The lowest BCUT2D eigenvalue weighted by atomic mass is 10.0. The topological polar surface area (TPSA) is 84.0 Å². The van der Waals surface area contributed by atoms with Crippen LogP contribution < -0.4 is 0 Å². The van der Waals surface area contributed by atoms with Crippen LogP contribution in [0.5, 0.6) is 0 Å². The summed E-state index contributed by atoms with van der Waals surface area (Å²) < 4.78 is 32.0. The Labute approximate surface area is 163 Å². The number of amides is 2. The molecule has 2 aromatic carbocycles. The highest BCUT2D eigenvalue weighted by Crippen LogP contribution is 2.27. The summed E-state index contributed by atoms with van der Waals surface area (Å²) in [6, 6.07) is 14.3. The van der Waals surface area contributed by atoms with Gasteiger partial charge in [-0.15, -0.1) is 0 Å². The average Bonchev–Trinajstić information content (AvgIpc) is 3.29. The lowest BCUT2D eigenvalue weighted by Gasteiger charge is -2.20. The molecule has 0 N–H and O–H groups in total. The summed E-state index contributed by atoms with van der Waals surface area (Å²) in [6.07, 6.45) is -0.293. The van der Waals surface area contributed by atoms with Gasteiger partial charge < -0.3 is 4.74 Å². The SMILES string of the molecule is Cc1ccc(-c2ccc(S(=O)(=O)N3CCC(N4C(=O)COC4=O)C3)cc2)cc1. The fraction of sp³-hybridized carbons (Fsp3) is 0.300. The summed E-state index contributed by atoms with van der Waals surface area (Å²) in [7, 11) is -3.70. The lowest BCUT2D eigenvalue weighted by molar-refractivity contribution is -0.127. The Morgan fingerprint density at radius 1 is 0.964 bits per heavy atom. The number of sulfonamides is 1. The van der Waals surface area contributed by atoms with Gasteiger partial charge in [-0.25, -0.2) is 18.1 Å². The third-order valence-corrected chi connectivity index (χ3v) is 7.03. The van der Waals surface area contributed by atoms with Gasteiger partial charge in [-0.3, -0.25) is 4.79 Å². The standard InChI is InChI=1S/C20H20N2O5S/c1-14-2-4-15(5-3-14)16-6-8-18(9-7-16)28(25,26)21-11-10-17(12-21)22-19(23)13-27-20(22)24/h2-9,17H,10-13H2,1H3. The van der Waals surface area contributed by atoms with Crippen molar-refractivity contribution < 1.29 is 22.7 Å². The number of imide groups is 1. The molecule has 28 heavy (non-hydrogen) atoms. The van der Waals surface area contributed by atoms with Gasteiger partial charge in [0.1, 0.15) is 0 Å². The van der Waals surface area contributed by atoms with Crippen LogP contribution >= 0.6 is 0 Å². The molecule has 0 bridgehead atoms. The normalized spacial score (nSPS) is 20.6. The summed E-state index contributed by atoms with van der Waals surface area (Å²) in [5.41, 5.74) is 3.11. The predicted molar refractivity (Wildman–Crippen MR) is 102 cm³/mol. The molecule has 7 nitrogen and oxygen atoms in total. The minimum absolute atomic E-state index is 0.0862. The molecule has 1 atom stereocenters. The number of benzene rings is 2. The van der Waals surface area contributed by atoms with Crippen molar-refractivity contribution >= 4 is 22.0 Å². The van der Waals surface area contributed by atoms with E-state index in [4.69, 9.17) is 4.74 Å². The van der Waals surface area contributed by atoms with Gasteiger partial charge in [0, 0.05) is 13.1 Å². The van der Waals surface area contributed by atoms with Gasteiger partial charge in [0.25, 0.3) is 5.91 Å². The molecular weight excluding hydrogens is 380 g/mol. The van der Waals surface area contributed by atoms with E-state index in [2.05, 4.69) is 0 Å². The Balaban J connectivity index is 1.51. The minimum atomic E-state index is -3.70. The molecule has 0 saturated carbocycles. The second-order valence-electron chi connectivity index (χ2n) is 7.01. The van der Waals surface area contributed by atoms with Gasteiger partial charge in [-0.1, -0.05) is 42.0 Å². The van der Waals surface area contributed by atoms with E-state index < -0.39 is 28.1 Å². The quantitative estimate of drug-likeness (QED) is 0.787. The molecule has 4 rings (SSSR count). The molecule has 2 heterocycles. The molecule has 0 radical (unpaired) electrons. The maximum Gasteiger partial charge on any atom is 0.417 e. The molecule has 0 aromatic heterocycles. The van der Waals surface area contributed by atoms with Gasteiger partial charge in [-0.2, -0.15) is 4.31 Å². The second kappa shape index (κ2) is 7.03. The summed E-state index contributed by atoms with van der Waals surface area (Å²) in [5, 5.41) is 0. The largest absolute Gasteiger partial charge is 0.439 e. The second-order valence-corrected chi connectivity index (χ2v) is 8.95. The smallest absolute Gasteiger partial charge is 0.417 e. The first-order valence-electron chi connectivity index (χ1n) is 9.02. The fourth-order valence-electron chi connectivity index (χ4n) is 3.57. The first-order valence-corrected chi connectivity index (χ1v) is 10.5. The van der Waals surface area contributed by atoms with E-state index in [1.165, 1.54) is 4.31 Å². The van der Waals surface area contributed by atoms with E-state index in [9.17, 15) is 18.0 Å². The van der Waals surface area contributed by atoms with Crippen LogP contribution in [0.2, 0.25) is 0 Å². The van der Waals surface area contributed by atoms with E-state index in [1.807, 2.05) is 31.2 Å². The van der Waals surface area contributed by atoms with Gasteiger partial charge in [0.2, 0.25) is 10.0 Å². The van der Waals surface area contributed by atoms with E-state index in [1.54, 1.807) is 24.3 Å². The van der Waals surface area contributed by atoms with Crippen molar-refractivity contribution in [3.05, 3.63) is 54.1 Å². The van der Waals surface area contributed by atoms with Crippen molar-refractivity contribution in [3.63, 3.8) is 0 Å². The number of carbonyl (C=O) groups is 2. The van der Waals surface area contributed by atoms with E-state index in [-0.39, 0.29) is 24.6 Å². The highest BCUT2D eigenvalue weighted by molar-refractivity contribution is 7.89. The Hall–Kier alpha value is -2.71. The van der Waals surface area contributed by atoms with Crippen LogP contribution in [-0.2, 0) is 19.6 Å². The third-order valence-electron chi connectivity index (χ3n) is 5.15. The van der Waals surface area contributed by atoms with Crippen LogP contribution in [0.15, 0.2) is 53.4 Å². The van der Waals surface area contributed by atoms with Crippen molar-refractivity contribution in [2.24, 2.45) is 0 Å². The van der Waals surface area contributed by atoms with Gasteiger partial charge in [0.15, 0.2) is 6.61 Å². The first kappa shape index (κ1) is 18.6. The van der Waals surface area contributed by atoms with Crippen LogP contribution in [0.4, 0.5) is 4.79 Å². The Bertz CT molecular complexity index is 1000. The van der Waals surface area contributed by atoms with Crippen molar-refractivity contribution in [2.75, 3.05) is 19.7 Å². The zero-order valence-electron chi connectivity index (χ0n) is 15.4. The van der Waals surface area contributed by atoms with Crippen LogP contribution in [0.25, 0.3) is 11.1 Å². The summed E-state index contributed by atoms with van der Waals surface area (Å²) in [4.78, 5) is 24.7. The van der Waals surface area contributed by atoms with Gasteiger partial charge in [-0.05, 0) is 36.6 Å². The molecule has 2 aliphatic rings. The number of cyclic esters (lactones) is 1. The molecule has 8 heteroatoms. The Kier molecular flexibility index (Phi) is 4.68. The van der Waals surface area contributed by atoms with Crippen molar-refractivity contribution in [1.29, 1.82) is 0 Å². The fourth-order valence-corrected chi connectivity index (χ4v) is 5.06. The molecular formula is C20H20N2O5S. The summed E-state index contributed by atoms with van der Waals surface area (Å²) in [6.45, 7) is 2.08. The van der Waals surface area contributed by atoms with E-state index in [0.29, 0.717) is 6.42 Å². The van der Waals surface area contributed by atoms with Gasteiger partial charge in [0.05, 0.1) is 10.9 Å². The number of aryl methyl sites for hydroxylation is 1. The van der Waals surface area contributed by atoms with E-state index >= 15 is 0 Å². The molecule has 0 spiro atoms. The zero-order valence-corrected chi connectivity index (χ0v) is 16.2. The Morgan fingerprint density at radius 2 is 1.57 bits per heavy atom. The molecule has 2 aromatic rings. The summed E-state index contributed by atoms with van der Waals surface area (Å²) in [5.74, 6) is -0.420. The van der Waals surface area contributed by atoms with Crippen molar-refractivity contribution in [2.45, 2.75) is 24.3 Å². The van der Waals surface area contributed by atoms with Crippen molar-refractivity contribution in [1.82, 2.24) is 9.21 Å². The number of carbonyl (C=O) groups excluding carboxylic acids is 2. The zero-order chi connectivity index (χ0) is 19.9. The third kappa shape index (κ3) is 3.29. The molecule has 1 unspecified atom stereocenters. The van der Waals surface area contributed by atoms with Crippen LogP contribution in [0.1, 0.15) is 12.0 Å². The van der Waals surface area contributed by atoms with E-state index in [0.717, 1.165) is 21.6 Å². The predicted octanol–water partition coefficient (Wildman–Crippen LogP) is 2.40. The number of nitrogens with zero attached hydrogens (tertiary/aromatic N) is 2.